The highest BCUT2D eigenvalue weighted by molar-refractivity contribution is 7.99. The SMILES string of the molecule is CCNc1cc(Sc2cc(C)ccc2C)nc(C(C)C)n1. The molecule has 0 atom stereocenters. The van der Waals surface area contributed by atoms with Crippen LogP contribution in [0.3, 0.4) is 0 Å². The van der Waals surface area contributed by atoms with E-state index in [1.165, 1.54) is 16.0 Å². The van der Waals surface area contributed by atoms with Gasteiger partial charge >= 0.3 is 0 Å². The first-order chi connectivity index (χ1) is 9.99. The maximum absolute atomic E-state index is 4.69. The topological polar surface area (TPSA) is 37.8 Å². The van der Waals surface area contributed by atoms with Crippen molar-refractivity contribution in [3.8, 4) is 0 Å². The van der Waals surface area contributed by atoms with Crippen molar-refractivity contribution < 1.29 is 0 Å². The molecule has 21 heavy (non-hydrogen) atoms. The van der Waals surface area contributed by atoms with E-state index in [4.69, 9.17) is 4.98 Å². The van der Waals surface area contributed by atoms with E-state index in [2.05, 4.69) is 63.1 Å². The maximum atomic E-state index is 4.69. The zero-order valence-electron chi connectivity index (χ0n) is 13.4. The normalized spacial score (nSPS) is 11.0. The van der Waals surface area contributed by atoms with Gasteiger partial charge in [-0.1, -0.05) is 37.7 Å². The molecule has 0 aliphatic heterocycles. The van der Waals surface area contributed by atoms with E-state index in [1.54, 1.807) is 11.8 Å². The summed E-state index contributed by atoms with van der Waals surface area (Å²) in [6, 6.07) is 8.54. The molecule has 112 valence electrons. The number of nitrogens with zero attached hydrogens (tertiary/aromatic N) is 2. The zero-order chi connectivity index (χ0) is 15.4. The molecule has 0 spiro atoms. The summed E-state index contributed by atoms with van der Waals surface area (Å²) in [6.45, 7) is 11.4. The van der Waals surface area contributed by atoms with Crippen LogP contribution in [-0.2, 0) is 0 Å². The van der Waals surface area contributed by atoms with Crippen LogP contribution < -0.4 is 5.32 Å². The van der Waals surface area contributed by atoms with Gasteiger partial charge in [-0.15, -0.1) is 0 Å². The predicted molar refractivity (Wildman–Crippen MR) is 90.3 cm³/mol. The third-order valence-corrected chi connectivity index (χ3v) is 4.23. The minimum absolute atomic E-state index is 0.321. The van der Waals surface area contributed by atoms with E-state index in [1.807, 2.05) is 6.07 Å². The number of nitrogens with one attached hydrogen (secondary N) is 1. The Morgan fingerprint density at radius 1 is 1.14 bits per heavy atom. The third kappa shape index (κ3) is 4.21. The smallest absolute Gasteiger partial charge is 0.134 e. The van der Waals surface area contributed by atoms with Crippen LogP contribution in [0.25, 0.3) is 0 Å². The lowest BCUT2D eigenvalue weighted by molar-refractivity contribution is 0.754. The number of aromatic nitrogens is 2. The van der Waals surface area contributed by atoms with E-state index >= 15 is 0 Å². The maximum Gasteiger partial charge on any atom is 0.134 e. The summed E-state index contributed by atoms with van der Waals surface area (Å²) < 4.78 is 0. The molecule has 2 aromatic rings. The molecule has 0 bridgehead atoms. The fraction of sp³-hybridized carbons (Fsp3) is 0.412. The molecule has 0 saturated heterocycles. The Kier molecular flexibility index (Phi) is 5.23. The molecule has 1 heterocycles. The second-order valence-corrected chi connectivity index (χ2v) is 6.57. The number of anilines is 1. The lowest BCUT2D eigenvalue weighted by Crippen LogP contribution is -2.05. The predicted octanol–water partition coefficient (Wildman–Crippen LogP) is 4.80. The Balaban J connectivity index is 2.36. The van der Waals surface area contributed by atoms with Crippen LogP contribution in [0.5, 0.6) is 0 Å². The standard InChI is InChI=1S/C17H23N3S/c1-6-18-15-10-16(20-17(19-15)11(2)3)21-14-9-12(4)7-8-13(14)5/h7-11H,6H2,1-5H3,(H,18,19,20). The summed E-state index contributed by atoms with van der Waals surface area (Å²) in [6.07, 6.45) is 0. The summed E-state index contributed by atoms with van der Waals surface area (Å²) >= 11 is 1.71. The molecule has 1 N–H and O–H groups in total. The Bertz CT molecular complexity index is 623. The van der Waals surface area contributed by atoms with Crippen molar-refractivity contribution in [1.29, 1.82) is 0 Å². The molecule has 0 fully saturated rings. The van der Waals surface area contributed by atoms with Crippen molar-refractivity contribution >= 4 is 17.6 Å². The quantitative estimate of drug-likeness (QED) is 0.805. The van der Waals surface area contributed by atoms with Gasteiger partial charge in [0.25, 0.3) is 0 Å². The second kappa shape index (κ2) is 6.94. The van der Waals surface area contributed by atoms with Gasteiger partial charge in [-0.2, -0.15) is 0 Å². The third-order valence-electron chi connectivity index (χ3n) is 3.15. The van der Waals surface area contributed by atoms with Gasteiger partial charge in [-0.05, 0) is 38.0 Å². The second-order valence-electron chi connectivity index (χ2n) is 5.51. The molecule has 0 amide bonds. The molecule has 0 saturated carbocycles. The van der Waals surface area contributed by atoms with Gasteiger partial charge in [0.2, 0.25) is 0 Å². The van der Waals surface area contributed by atoms with Crippen LogP contribution in [0.15, 0.2) is 34.2 Å². The highest BCUT2D eigenvalue weighted by atomic mass is 32.2. The van der Waals surface area contributed by atoms with Gasteiger partial charge in [0.05, 0.1) is 0 Å². The number of rotatable bonds is 5. The van der Waals surface area contributed by atoms with Gasteiger partial charge in [-0.25, -0.2) is 9.97 Å². The summed E-state index contributed by atoms with van der Waals surface area (Å²) in [5.74, 6) is 2.12. The average Bonchev–Trinajstić information content (AvgIpc) is 2.43. The number of hydrogen-bond donors (Lipinski definition) is 1. The Hall–Kier alpha value is -1.55. The summed E-state index contributed by atoms with van der Waals surface area (Å²) in [7, 11) is 0. The van der Waals surface area contributed by atoms with Crippen LogP contribution in [0.2, 0.25) is 0 Å². The number of benzene rings is 1. The number of hydrogen-bond acceptors (Lipinski definition) is 4. The van der Waals surface area contributed by atoms with Gasteiger partial charge in [0.15, 0.2) is 0 Å². The molecule has 0 aliphatic rings. The van der Waals surface area contributed by atoms with E-state index in [-0.39, 0.29) is 0 Å². The molecule has 3 nitrogen and oxygen atoms in total. The lowest BCUT2D eigenvalue weighted by atomic mass is 10.2. The Morgan fingerprint density at radius 3 is 2.57 bits per heavy atom. The van der Waals surface area contributed by atoms with Gasteiger partial charge in [-0.3, -0.25) is 0 Å². The first-order valence-electron chi connectivity index (χ1n) is 7.37. The van der Waals surface area contributed by atoms with Crippen LogP contribution in [-0.4, -0.2) is 16.5 Å². The fourth-order valence-electron chi connectivity index (χ4n) is 1.95. The first-order valence-corrected chi connectivity index (χ1v) is 8.19. The molecular formula is C17H23N3S. The van der Waals surface area contributed by atoms with Crippen molar-refractivity contribution in [3.63, 3.8) is 0 Å². The van der Waals surface area contributed by atoms with Crippen LogP contribution >= 0.6 is 11.8 Å². The van der Waals surface area contributed by atoms with Crippen LogP contribution in [0.1, 0.15) is 43.6 Å². The fourth-order valence-corrected chi connectivity index (χ4v) is 2.96. The minimum Gasteiger partial charge on any atom is -0.370 e. The van der Waals surface area contributed by atoms with E-state index in [0.29, 0.717) is 5.92 Å². The van der Waals surface area contributed by atoms with Crippen molar-refractivity contribution in [3.05, 3.63) is 41.2 Å². The van der Waals surface area contributed by atoms with E-state index in [0.717, 1.165) is 23.2 Å². The summed E-state index contributed by atoms with van der Waals surface area (Å²) in [5.41, 5.74) is 2.55. The van der Waals surface area contributed by atoms with Crippen molar-refractivity contribution in [1.82, 2.24) is 9.97 Å². The minimum atomic E-state index is 0.321. The lowest BCUT2D eigenvalue weighted by Gasteiger charge is -2.12. The van der Waals surface area contributed by atoms with Crippen molar-refractivity contribution in [2.45, 2.75) is 50.5 Å². The highest BCUT2D eigenvalue weighted by Crippen LogP contribution is 2.31. The zero-order valence-corrected chi connectivity index (χ0v) is 14.2. The van der Waals surface area contributed by atoms with E-state index in [9.17, 15) is 0 Å². The Morgan fingerprint density at radius 2 is 1.90 bits per heavy atom. The van der Waals surface area contributed by atoms with Gasteiger partial charge in [0, 0.05) is 23.4 Å². The van der Waals surface area contributed by atoms with Gasteiger partial charge in [0.1, 0.15) is 16.7 Å². The number of aryl methyl sites for hydroxylation is 2. The highest BCUT2D eigenvalue weighted by Gasteiger charge is 2.10. The molecule has 0 aliphatic carbocycles. The van der Waals surface area contributed by atoms with Gasteiger partial charge < -0.3 is 5.32 Å². The summed E-state index contributed by atoms with van der Waals surface area (Å²) in [5, 5.41) is 4.29. The molecule has 4 heteroatoms. The molecule has 2 rings (SSSR count). The van der Waals surface area contributed by atoms with Crippen molar-refractivity contribution in [2.24, 2.45) is 0 Å². The molecule has 0 unspecified atom stereocenters. The van der Waals surface area contributed by atoms with Crippen molar-refractivity contribution in [2.75, 3.05) is 11.9 Å². The largest absolute Gasteiger partial charge is 0.370 e. The summed E-state index contributed by atoms with van der Waals surface area (Å²) in [4.78, 5) is 10.5. The molecule has 1 aromatic heterocycles. The van der Waals surface area contributed by atoms with Crippen LogP contribution in [0.4, 0.5) is 5.82 Å². The van der Waals surface area contributed by atoms with Crippen LogP contribution in [0, 0.1) is 13.8 Å². The first kappa shape index (κ1) is 15.8. The molecule has 0 radical (unpaired) electrons. The Labute approximate surface area is 131 Å². The monoisotopic (exact) mass is 301 g/mol. The van der Waals surface area contributed by atoms with E-state index < -0.39 is 0 Å². The molecule has 1 aromatic carbocycles. The average molecular weight is 301 g/mol. The molecular weight excluding hydrogens is 278 g/mol.